The van der Waals surface area contributed by atoms with E-state index >= 15 is 0 Å². The van der Waals surface area contributed by atoms with Crippen molar-refractivity contribution in [3.63, 3.8) is 0 Å². The smallest absolute Gasteiger partial charge is 0.103 e. The molecule has 1 aromatic rings. The molecule has 0 spiro atoms. The summed E-state index contributed by atoms with van der Waals surface area (Å²) in [6.07, 6.45) is 3.59. The fraction of sp³-hybridized carbons (Fsp3) is 0.692. The van der Waals surface area contributed by atoms with Gasteiger partial charge in [-0.2, -0.15) is 10.4 Å². The zero-order chi connectivity index (χ0) is 12.8. The molecule has 1 rings (SSSR count). The number of rotatable bonds is 6. The monoisotopic (exact) mass is 234 g/mol. The minimum absolute atomic E-state index is 0.373. The number of nitrogens with one attached hydrogen (secondary N) is 2. The number of aromatic nitrogens is 2. The molecule has 1 aromatic heterocycles. The summed E-state index contributed by atoms with van der Waals surface area (Å²) in [6, 6.07) is 2.54. The van der Waals surface area contributed by atoms with Gasteiger partial charge in [-0.1, -0.05) is 27.2 Å². The minimum atomic E-state index is 0.373. The molecule has 0 aliphatic heterocycles. The first-order valence-corrected chi connectivity index (χ1v) is 6.23. The minimum Gasteiger partial charge on any atom is -0.316 e. The Kier molecular flexibility index (Phi) is 5.17. The van der Waals surface area contributed by atoms with E-state index in [2.05, 4.69) is 42.4 Å². The number of aromatic amines is 1. The van der Waals surface area contributed by atoms with Gasteiger partial charge in [-0.05, 0) is 18.9 Å². The summed E-state index contributed by atoms with van der Waals surface area (Å²) in [6.45, 7) is 6.75. The van der Waals surface area contributed by atoms with Gasteiger partial charge < -0.3 is 5.32 Å². The average Bonchev–Trinajstić information content (AvgIpc) is 2.81. The van der Waals surface area contributed by atoms with Crippen LogP contribution in [0.3, 0.4) is 0 Å². The molecular formula is C13H22N4. The summed E-state index contributed by atoms with van der Waals surface area (Å²) in [5.74, 6) is 1.24. The van der Waals surface area contributed by atoms with Crippen LogP contribution in [0.1, 0.15) is 38.4 Å². The maximum Gasteiger partial charge on any atom is 0.103 e. The Bertz CT molecular complexity index is 377. The van der Waals surface area contributed by atoms with E-state index in [0.29, 0.717) is 23.4 Å². The molecule has 0 aromatic carbocycles. The highest BCUT2D eigenvalue weighted by atomic mass is 15.1. The van der Waals surface area contributed by atoms with Crippen molar-refractivity contribution >= 4 is 0 Å². The van der Waals surface area contributed by atoms with Crippen LogP contribution in [0.4, 0.5) is 0 Å². The van der Waals surface area contributed by atoms with Gasteiger partial charge in [0.1, 0.15) is 6.07 Å². The van der Waals surface area contributed by atoms with Crippen molar-refractivity contribution in [3.05, 3.63) is 17.5 Å². The van der Waals surface area contributed by atoms with Gasteiger partial charge in [-0.25, -0.2) is 0 Å². The van der Waals surface area contributed by atoms with Gasteiger partial charge in [0.05, 0.1) is 17.5 Å². The molecule has 94 valence electrons. The van der Waals surface area contributed by atoms with Crippen LogP contribution >= 0.6 is 0 Å². The number of likely N-dealkylation sites (N-methyl/N-ethyl adjacent to an activating group) is 1. The average molecular weight is 234 g/mol. The summed E-state index contributed by atoms with van der Waals surface area (Å²) < 4.78 is 0. The van der Waals surface area contributed by atoms with Gasteiger partial charge in [0.25, 0.3) is 0 Å². The zero-order valence-corrected chi connectivity index (χ0v) is 11.1. The molecular weight excluding hydrogens is 212 g/mol. The van der Waals surface area contributed by atoms with Crippen molar-refractivity contribution in [1.82, 2.24) is 15.5 Å². The lowest BCUT2D eigenvalue weighted by atomic mass is 9.85. The van der Waals surface area contributed by atoms with E-state index in [9.17, 15) is 0 Å². The van der Waals surface area contributed by atoms with Gasteiger partial charge >= 0.3 is 0 Å². The highest BCUT2D eigenvalue weighted by molar-refractivity contribution is 5.30. The number of hydrogen-bond acceptors (Lipinski definition) is 3. The first-order valence-electron chi connectivity index (χ1n) is 6.23. The zero-order valence-electron chi connectivity index (χ0n) is 11.1. The molecule has 1 heterocycles. The fourth-order valence-electron chi connectivity index (χ4n) is 2.10. The quantitative estimate of drug-likeness (QED) is 0.792. The molecule has 0 fully saturated rings. The predicted octanol–water partition coefficient (Wildman–Crippen LogP) is 2.09. The fourth-order valence-corrected chi connectivity index (χ4v) is 2.10. The van der Waals surface area contributed by atoms with E-state index < -0.39 is 0 Å². The van der Waals surface area contributed by atoms with E-state index in [1.165, 1.54) is 6.42 Å². The Hall–Kier alpha value is -1.34. The molecule has 0 aliphatic carbocycles. The van der Waals surface area contributed by atoms with E-state index in [1.54, 1.807) is 6.20 Å². The molecule has 0 saturated heterocycles. The van der Waals surface area contributed by atoms with E-state index in [0.717, 1.165) is 12.1 Å². The van der Waals surface area contributed by atoms with Crippen molar-refractivity contribution in [2.24, 2.45) is 11.8 Å². The molecule has 4 nitrogen and oxygen atoms in total. The van der Waals surface area contributed by atoms with Gasteiger partial charge in [0, 0.05) is 12.5 Å². The largest absolute Gasteiger partial charge is 0.316 e. The van der Waals surface area contributed by atoms with Crippen LogP contribution in [-0.4, -0.2) is 23.3 Å². The Morgan fingerprint density at radius 2 is 2.24 bits per heavy atom. The van der Waals surface area contributed by atoms with Crippen LogP contribution in [0.5, 0.6) is 0 Å². The molecule has 17 heavy (non-hydrogen) atoms. The van der Waals surface area contributed by atoms with E-state index in [4.69, 9.17) is 5.26 Å². The second kappa shape index (κ2) is 6.41. The first-order chi connectivity index (χ1) is 8.13. The van der Waals surface area contributed by atoms with Crippen LogP contribution in [0.15, 0.2) is 6.20 Å². The molecule has 0 amide bonds. The lowest BCUT2D eigenvalue weighted by molar-refractivity contribution is 0.285. The summed E-state index contributed by atoms with van der Waals surface area (Å²) in [5.41, 5.74) is 1.59. The topological polar surface area (TPSA) is 64.5 Å². The number of nitrogens with zero attached hydrogens (tertiary/aromatic N) is 2. The van der Waals surface area contributed by atoms with Crippen molar-refractivity contribution in [1.29, 1.82) is 5.26 Å². The van der Waals surface area contributed by atoms with Crippen LogP contribution in [0, 0.1) is 23.2 Å². The third-order valence-corrected chi connectivity index (χ3v) is 3.81. The molecule has 0 saturated carbocycles. The van der Waals surface area contributed by atoms with Crippen molar-refractivity contribution < 1.29 is 0 Å². The number of H-pyrrole nitrogens is 1. The van der Waals surface area contributed by atoms with E-state index in [1.807, 2.05) is 7.05 Å². The predicted molar refractivity (Wildman–Crippen MR) is 68.5 cm³/mol. The maximum atomic E-state index is 8.96. The maximum absolute atomic E-state index is 8.96. The standard InChI is InChI=1S/C13H22N4/c1-5-9(2)10(3)12(15-4)6-13-11(7-14)8-16-17-13/h8-10,12,15H,5-6H2,1-4H3,(H,16,17)/t9-,10-,12?/m1/s1. The lowest BCUT2D eigenvalue weighted by Crippen LogP contribution is -2.37. The van der Waals surface area contributed by atoms with Crippen molar-refractivity contribution in [3.8, 4) is 6.07 Å². The number of hydrogen-bond donors (Lipinski definition) is 2. The molecule has 0 aliphatic rings. The second-order valence-corrected chi connectivity index (χ2v) is 4.72. The van der Waals surface area contributed by atoms with Crippen LogP contribution in [-0.2, 0) is 6.42 Å². The summed E-state index contributed by atoms with van der Waals surface area (Å²) in [7, 11) is 1.98. The Morgan fingerprint density at radius 1 is 1.53 bits per heavy atom. The third-order valence-electron chi connectivity index (χ3n) is 3.81. The summed E-state index contributed by atoms with van der Waals surface area (Å²) in [5, 5.41) is 19.2. The highest BCUT2D eigenvalue weighted by Gasteiger charge is 2.22. The van der Waals surface area contributed by atoms with E-state index in [-0.39, 0.29) is 0 Å². The number of nitriles is 1. The normalized spacial score (nSPS) is 16.2. The van der Waals surface area contributed by atoms with Gasteiger partial charge in [0.15, 0.2) is 0 Å². The SMILES string of the molecule is CC[C@@H](C)[C@@H](C)C(Cc1[nH]ncc1C#N)NC. The molecule has 1 unspecified atom stereocenters. The van der Waals surface area contributed by atoms with Crippen molar-refractivity contribution in [2.75, 3.05) is 7.05 Å². The highest BCUT2D eigenvalue weighted by Crippen LogP contribution is 2.21. The Balaban J connectivity index is 2.74. The van der Waals surface area contributed by atoms with Gasteiger partial charge in [-0.3, -0.25) is 5.10 Å². The molecule has 3 atom stereocenters. The molecule has 0 radical (unpaired) electrons. The van der Waals surface area contributed by atoms with Crippen LogP contribution in [0.25, 0.3) is 0 Å². The molecule has 4 heteroatoms. The van der Waals surface area contributed by atoms with Gasteiger partial charge in [-0.15, -0.1) is 0 Å². The lowest BCUT2D eigenvalue weighted by Gasteiger charge is -2.27. The Labute approximate surface area is 103 Å². The Morgan fingerprint density at radius 3 is 2.76 bits per heavy atom. The summed E-state index contributed by atoms with van der Waals surface area (Å²) >= 11 is 0. The van der Waals surface area contributed by atoms with Crippen LogP contribution < -0.4 is 5.32 Å². The second-order valence-electron chi connectivity index (χ2n) is 4.72. The van der Waals surface area contributed by atoms with Crippen LogP contribution in [0.2, 0.25) is 0 Å². The molecule has 2 N–H and O–H groups in total. The third kappa shape index (κ3) is 3.31. The summed E-state index contributed by atoms with van der Waals surface area (Å²) in [4.78, 5) is 0. The molecule has 0 bridgehead atoms. The van der Waals surface area contributed by atoms with Crippen molar-refractivity contribution in [2.45, 2.75) is 39.7 Å². The first kappa shape index (κ1) is 13.7. The van der Waals surface area contributed by atoms with Gasteiger partial charge in [0.2, 0.25) is 0 Å².